The van der Waals surface area contributed by atoms with Crippen LogP contribution in [-0.2, 0) is 20.3 Å². The SMILES string of the molecule is CCSc1c(-c2nc3cc(C(F)(F)F)n(C)c(=O)c3n2C)nc2cc(SC3CC3)ccn12. The van der Waals surface area contributed by atoms with Gasteiger partial charge in [-0.3, -0.25) is 9.20 Å². The number of nitrogens with zero attached hydrogens (tertiary/aromatic N) is 5. The lowest BCUT2D eigenvalue weighted by atomic mass is 10.3. The fourth-order valence-electron chi connectivity index (χ4n) is 3.73. The van der Waals surface area contributed by atoms with E-state index in [4.69, 9.17) is 4.98 Å². The molecule has 0 spiro atoms. The van der Waals surface area contributed by atoms with E-state index in [1.807, 2.05) is 35.3 Å². The van der Waals surface area contributed by atoms with Gasteiger partial charge >= 0.3 is 6.18 Å². The lowest BCUT2D eigenvalue weighted by molar-refractivity contribution is -0.143. The Kier molecular flexibility index (Phi) is 5.08. The molecule has 0 atom stereocenters. The summed E-state index contributed by atoms with van der Waals surface area (Å²) in [5, 5.41) is 1.51. The summed E-state index contributed by atoms with van der Waals surface area (Å²) in [5.74, 6) is 1.15. The Hall–Kier alpha value is -2.40. The first-order valence-electron chi connectivity index (χ1n) is 10.1. The average molecular weight is 480 g/mol. The summed E-state index contributed by atoms with van der Waals surface area (Å²) >= 11 is 3.41. The molecular weight excluding hydrogens is 459 g/mol. The second-order valence-corrected chi connectivity index (χ2v) is 10.4. The van der Waals surface area contributed by atoms with Crippen LogP contribution in [0.15, 0.2) is 39.1 Å². The van der Waals surface area contributed by atoms with Gasteiger partial charge in [0.25, 0.3) is 5.56 Å². The smallest absolute Gasteiger partial charge is 0.321 e. The molecule has 1 fully saturated rings. The standard InChI is InChI=1S/C21H20F3N5OS2/c1-4-31-20-16(26-15-9-12(7-8-29(15)20)32-11-5-6-11)18-25-13-10-14(21(22,23)24)27(2)19(30)17(13)28(18)3/h7-11H,4-6H2,1-3H3. The summed E-state index contributed by atoms with van der Waals surface area (Å²) in [6, 6.07) is 5.00. The van der Waals surface area contributed by atoms with Gasteiger partial charge in [0.15, 0.2) is 5.82 Å². The van der Waals surface area contributed by atoms with Gasteiger partial charge < -0.3 is 9.13 Å². The minimum Gasteiger partial charge on any atom is -0.321 e. The lowest BCUT2D eigenvalue weighted by Crippen LogP contribution is -2.26. The zero-order valence-corrected chi connectivity index (χ0v) is 19.2. The molecule has 0 radical (unpaired) electrons. The molecule has 32 heavy (non-hydrogen) atoms. The molecule has 4 aromatic heterocycles. The zero-order valence-electron chi connectivity index (χ0n) is 17.6. The van der Waals surface area contributed by atoms with E-state index in [1.54, 1.807) is 23.4 Å². The Bertz CT molecular complexity index is 1420. The number of alkyl halides is 3. The fraction of sp³-hybridized carbons (Fsp3) is 0.381. The minimum absolute atomic E-state index is 0.00686. The van der Waals surface area contributed by atoms with E-state index in [0.29, 0.717) is 21.3 Å². The summed E-state index contributed by atoms with van der Waals surface area (Å²) < 4.78 is 44.4. The van der Waals surface area contributed by atoms with Crippen LogP contribution in [0, 0.1) is 0 Å². The van der Waals surface area contributed by atoms with Crippen molar-refractivity contribution in [3.8, 4) is 11.5 Å². The van der Waals surface area contributed by atoms with Crippen molar-refractivity contribution in [2.24, 2.45) is 14.1 Å². The first kappa shape index (κ1) is 21.4. The number of thioether (sulfide) groups is 2. The number of halogens is 3. The van der Waals surface area contributed by atoms with Crippen LogP contribution in [0.25, 0.3) is 28.2 Å². The van der Waals surface area contributed by atoms with Crippen LogP contribution < -0.4 is 5.56 Å². The molecule has 0 bridgehead atoms. The van der Waals surface area contributed by atoms with Crippen molar-refractivity contribution in [1.29, 1.82) is 0 Å². The van der Waals surface area contributed by atoms with Gasteiger partial charge in [0.1, 0.15) is 27.6 Å². The van der Waals surface area contributed by atoms with Crippen molar-refractivity contribution < 1.29 is 13.2 Å². The number of rotatable bonds is 5. The second-order valence-electron chi connectivity index (χ2n) is 7.73. The fourth-order valence-corrected chi connectivity index (χ4v) is 5.64. The predicted molar refractivity (Wildman–Crippen MR) is 120 cm³/mol. The third-order valence-corrected chi connectivity index (χ3v) is 7.71. The molecule has 1 saturated carbocycles. The van der Waals surface area contributed by atoms with Crippen molar-refractivity contribution in [3.63, 3.8) is 0 Å². The molecule has 0 aromatic carbocycles. The van der Waals surface area contributed by atoms with Crippen molar-refractivity contribution in [3.05, 3.63) is 40.4 Å². The third-order valence-electron chi connectivity index (χ3n) is 5.43. The maximum atomic E-state index is 13.4. The van der Waals surface area contributed by atoms with E-state index >= 15 is 0 Å². The quantitative estimate of drug-likeness (QED) is 0.378. The van der Waals surface area contributed by atoms with Crippen molar-refractivity contribution in [2.45, 2.75) is 41.1 Å². The molecule has 1 aliphatic carbocycles. The summed E-state index contributed by atoms with van der Waals surface area (Å²) in [5.41, 5.74) is -0.345. The highest BCUT2D eigenvalue weighted by atomic mass is 32.2. The summed E-state index contributed by atoms with van der Waals surface area (Å²) in [6.45, 7) is 2.02. The van der Waals surface area contributed by atoms with Crippen LogP contribution in [-0.4, -0.2) is 34.5 Å². The zero-order chi connectivity index (χ0) is 22.8. The largest absolute Gasteiger partial charge is 0.431 e. The monoisotopic (exact) mass is 479 g/mol. The van der Waals surface area contributed by atoms with E-state index in [2.05, 4.69) is 11.1 Å². The minimum atomic E-state index is -4.65. The summed E-state index contributed by atoms with van der Waals surface area (Å²) in [6.07, 6.45) is -0.234. The highest BCUT2D eigenvalue weighted by Gasteiger charge is 2.35. The Labute approximate surface area is 189 Å². The first-order chi connectivity index (χ1) is 15.2. The molecular formula is C21H20F3N5OS2. The van der Waals surface area contributed by atoms with Crippen LogP contribution >= 0.6 is 23.5 Å². The second kappa shape index (κ2) is 7.58. The van der Waals surface area contributed by atoms with Crippen molar-refractivity contribution in [1.82, 2.24) is 23.5 Å². The van der Waals surface area contributed by atoms with Gasteiger partial charge in [-0.15, -0.1) is 23.5 Å². The van der Waals surface area contributed by atoms with Crippen LogP contribution in [0.2, 0.25) is 0 Å². The van der Waals surface area contributed by atoms with Crippen LogP contribution in [0.5, 0.6) is 0 Å². The molecule has 0 aliphatic heterocycles. The predicted octanol–water partition coefficient (Wildman–Crippen LogP) is 4.97. The molecule has 1 aliphatic rings. The third kappa shape index (κ3) is 3.51. The average Bonchev–Trinajstić information content (AvgIpc) is 3.38. The number of pyridine rings is 2. The Morgan fingerprint density at radius 1 is 1.16 bits per heavy atom. The van der Waals surface area contributed by atoms with Gasteiger partial charge in [0.2, 0.25) is 0 Å². The van der Waals surface area contributed by atoms with E-state index in [1.165, 1.54) is 12.8 Å². The molecule has 0 unspecified atom stereocenters. The maximum absolute atomic E-state index is 13.4. The van der Waals surface area contributed by atoms with Gasteiger partial charge in [-0.25, -0.2) is 9.97 Å². The van der Waals surface area contributed by atoms with Gasteiger partial charge in [0, 0.05) is 30.4 Å². The molecule has 4 heterocycles. The molecule has 6 nitrogen and oxygen atoms in total. The van der Waals surface area contributed by atoms with Gasteiger partial charge in [-0.05, 0) is 36.8 Å². The van der Waals surface area contributed by atoms with E-state index in [9.17, 15) is 18.0 Å². The first-order valence-corrected chi connectivity index (χ1v) is 12.0. The topological polar surface area (TPSA) is 57.1 Å². The Morgan fingerprint density at radius 3 is 2.56 bits per heavy atom. The molecule has 0 amide bonds. The number of imidazole rings is 2. The normalized spacial score (nSPS) is 14.7. The van der Waals surface area contributed by atoms with Gasteiger partial charge in [0.05, 0.1) is 5.52 Å². The summed E-state index contributed by atoms with van der Waals surface area (Å²) in [4.78, 5) is 23.1. The van der Waals surface area contributed by atoms with Crippen molar-refractivity contribution in [2.75, 3.05) is 5.75 Å². The van der Waals surface area contributed by atoms with Crippen LogP contribution in [0.3, 0.4) is 0 Å². The Balaban J connectivity index is 1.72. The number of fused-ring (bicyclic) bond motifs is 2. The molecule has 4 aromatic rings. The molecule has 168 valence electrons. The molecule has 11 heteroatoms. The number of hydrogen-bond donors (Lipinski definition) is 0. The number of aromatic nitrogens is 5. The molecule has 5 rings (SSSR count). The molecule has 0 saturated heterocycles. The highest BCUT2D eigenvalue weighted by molar-refractivity contribution is 8.00. The Morgan fingerprint density at radius 2 is 1.91 bits per heavy atom. The van der Waals surface area contributed by atoms with E-state index in [-0.39, 0.29) is 11.0 Å². The lowest BCUT2D eigenvalue weighted by Gasteiger charge is -2.11. The molecule has 0 N–H and O–H groups in total. The summed E-state index contributed by atoms with van der Waals surface area (Å²) in [7, 11) is 2.76. The van der Waals surface area contributed by atoms with E-state index in [0.717, 1.165) is 34.4 Å². The number of hydrogen-bond acceptors (Lipinski definition) is 5. The maximum Gasteiger partial charge on any atom is 0.431 e. The van der Waals surface area contributed by atoms with Crippen LogP contribution in [0.4, 0.5) is 13.2 Å². The van der Waals surface area contributed by atoms with E-state index < -0.39 is 17.4 Å². The van der Waals surface area contributed by atoms with Gasteiger partial charge in [-0.1, -0.05) is 6.92 Å². The van der Waals surface area contributed by atoms with Gasteiger partial charge in [-0.2, -0.15) is 13.2 Å². The highest BCUT2D eigenvalue weighted by Crippen LogP contribution is 2.40. The van der Waals surface area contributed by atoms with Crippen LogP contribution in [0.1, 0.15) is 25.5 Å². The van der Waals surface area contributed by atoms with Crippen molar-refractivity contribution >= 4 is 40.2 Å². The number of aryl methyl sites for hydroxylation is 1.